The van der Waals surface area contributed by atoms with Crippen LogP contribution >= 0.6 is 0 Å². The molecule has 0 aliphatic carbocycles. The Morgan fingerprint density at radius 3 is 2.62 bits per heavy atom. The number of nitrogens with one attached hydrogen (secondary N) is 2. The molecule has 5 heteroatoms. The van der Waals surface area contributed by atoms with Gasteiger partial charge in [-0.25, -0.2) is 4.79 Å². The lowest BCUT2D eigenvalue weighted by Crippen LogP contribution is -2.46. The number of rotatable bonds is 3. The minimum Gasteiger partial charge on any atom is -0.444 e. The molecule has 5 nitrogen and oxygen atoms in total. The molecule has 0 saturated carbocycles. The number of nitrogens with zero attached hydrogens (tertiary/aromatic N) is 1. The standard InChI is InChI=1S/C16H27N3O2/c1-12(14-6-5-9-17-14)19-10-7-13(8-11-19)18-15(20)21-16(2,3)4/h5-6,9,12-13,17H,7-8,10-11H2,1-4H3,(H,18,20). The van der Waals surface area contributed by atoms with Gasteiger partial charge in [-0.2, -0.15) is 0 Å². The molecule has 1 aliphatic heterocycles. The maximum Gasteiger partial charge on any atom is 0.407 e. The summed E-state index contributed by atoms with van der Waals surface area (Å²) in [6.07, 6.45) is 3.58. The number of aromatic nitrogens is 1. The van der Waals surface area contributed by atoms with Crippen molar-refractivity contribution in [2.75, 3.05) is 13.1 Å². The van der Waals surface area contributed by atoms with Crippen LogP contribution in [-0.2, 0) is 4.74 Å². The third-order valence-electron chi connectivity index (χ3n) is 3.87. The zero-order chi connectivity index (χ0) is 15.5. The van der Waals surface area contributed by atoms with Gasteiger partial charge in [0.1, 0.15) is 5.60 Å². The molecule has 1 saturated heterocycles. The maximum atomic E-state index is 11.8. The van der Waals surface area contributed by atoms with Crippen molar-refractivity contribution in [1.82, 2.24) is 15.2 Å². The second kappa shape index (κ2) is 6.52. The molecule has 21 heavy (non-hydrogen) atoms. The Morgan fingerprint density at radius 1 is 1.43 bits per heavy atom. The number of alkyl carbamates (subject to hydrolysis) is 1. The second-order valence-corrected chi connectivity index (χ2v) is 6.76. The molecule has 1 fully saturated rings. The van der Waals surface area contributed by atoms with Crippen LogP contribution < -0.4 is 5.32 Å². The summed E-state index contributed by atoms with van der Waals surface area (Å²) in [5.74, 6) is 0. The van der Waals surface area contributed by atoms with E-state index >= 15 is 0 Å². The summed E-state index contributed by atoms with van der Waals surface area (Å²) in [5.41, 5.74) is 0.806. The molecule has 1 unspecified atom stereocenters. The van der Waals surface area contributed by atoms with Crippen LogP contribution in [0.2, 0.25) is 0 Å². The summed E-state index contributed by atoms with van der Waals surface area (Å²) in [6.45, 7) is 9.84. The smallest absolute Gasteiger partial charge is 0.407 e. The highest BCUT2D eigenvalue weighted by molar-refractivity contribution is 5.68. The van der Waals surface area contributed by atoms with E-state index in [0.29, 0.717) is 6.04 Å². The largest absolute Gasteiger partial charge is 0.444 e. The zero-order valence-corrected chi connectivity index (χ0v) is 13.5. The Bertz CT molecular complexity index is 443. The Kier molecular flexibility index (Phi) is 4.93. The highest BCUT2D eigenvalue weighted by atomic mass is 16.6. The minimum atomic E-state index is -0.438. The van der Waals surface area contributed by atoms with Crippen LogP contribution in [0.25, 0.3) is 0 Å². The predicted octanol–water partition coefficient (Wildman–Crippen LogP) is 3.06. The minimum absolute atomic E-state index is 0.215. The maximum absolute atomic E-state index is 11.8. The van der Waals surface area contributed by atoms with E-state index < -0.39 is 5.60 Å². The van der Waals surface area contributed by atoms with Crippen molar-refractivity contribution >= 4 is 6.09 Å². The van der Waals surface area contributed by atoms with Crippen molar-refractivity contribution < 1.29 is 9.53 Å². The molecule has 0 spiro atoms. The summed E-state index contributed by atoms with van der Waals surface area (Å²) in [4.78, 5) is 17.5. The topological polar surface area (TPSA) is 57.4 Å². The van der Waals surface area contributed by atoms with E-state index in [-0.39, 0.29) is 12.1 Å². The van der Waals surface area contributed by atoms with Gasteiger partial charge in [0.25, 0.3) is 0 Å². The van der Waals surface area contributed by atoms with Gasteiger partial charge < -0.3 is 15.0 Å². The molecule has 1 amide bonds. The molecule has 2 heterocycles. The first-order valence-corrected chi connectivity index (χ1v) is 7.72. The molecule has 0 aromatic carbocycles. The molecular weight excluding hydrogens is 266 g/mol. The quantitative estimate of drug-likeness (QED) is 0.900. The summed E-state index contributed by atoms with van der Waals surface area (Å²) in [6, 6.07) is 4.76. The van der Waals surface area contributed by atoms with E-state index in [4.69, 9.17) is 4.74 Å². The molecule has 2 N–H and O–H groups in total. The lowest BCUT2D eigenvalue weighted by Gasteiger charge is -2.36. The van der Waals surface area contributed by atoms with E-state index in [0.717, 1.165) is 25.9 Å². The molecule has 0 bridgehead atoms. The number of aromatic amines is 1. The van der Waals surface area contributed by atoms with Gasteiger partial charge in [-0.3, -0.25) is 4.90 Å². The molecule has 118 valence electrons. The summed E-state index contributed by atoms with van der Waals surface area (Å²) in [7, 11) is 0. The van der Waals surface area contributed by atoms with Gasteiger partial charge in [0.2, 0.25) is 0 Å². The average molecular weight is 293 g/mol. The molecule has 1 atom stereocenters. The van der Waals surface area contributed by atoms with Crippen LogP contribution in [-0.4, -0.2) is 40.7 Å². The highest BCUT2D eigenvalue weighted by Gasteiger charge is 2.26. The van der Waals surface area contributed by atoms with Crippen LogP contribution in [0.1, 0.15) is 52.3 Å². The number of ether oxygens (including phenoxy) is 1. The second-order valence-electron chi connectivity index (χ2n) is 6.76. The normalized spacial score (nSPS) is 19.2. The van der Waals surface area contributed by atoms with Crippen molar-refractivity contribution in [3.05, 3.63) is 24.0 Å². The molecule has 0 radical (unpaired) electrons. The van der Waals surface area contributed by atoms with E-state index in [9.17, 15) is 4.79 Å². The van der Waals surface area contributed by atoms with E-state index in [1.165, 1.54) is 5.69 Å². The van der Waals surface area contributed by atoms with E-state index in [1.54, 1.807) is 0 Å². The fraction of sp³-hybridized carbons (Fsp3) is 0.688. The van der Waals surface area contributed by atoms with Gasteiger partial charge in [0, 0.05) is 37.1 Å². The molecule has 1 aliphatic rings. The Morgan fingerprint density at radius 2 is 2.10 bits per heavy atom. The molecule has 1 aromatic rings. The Balaban J connectivity index is 1.77. The summed E-state index contributed by atoms with van der Waals surface area (Å²) < 4.78 is 5.30. The van der Waals surface area contributed by atoms with Crippen LogP contribution in [0.4, 0.5) is 4.79 Å². The van der Waals surface area contributed by atoms with E-state index in [1.807, 2.05) is 33.0 Å². The number of piperidine rings is 1. The van der Waals surface area contributed by atoms with Crippen LogP contribution in [0.3, 0.4) is 0 Å². The predicted molar refractivity (Wildman–Crippen MR) is 83.2 cm³/mol. The summed E-state index contributed by atoms with van der Waals surface area (Å²) in [5, 5.41) is 2.97. The first-order valence-electron chi connectivity index (χ1n) is 7.72. The molecule has 1 aromatic heterocycles. The number of likely N-dealkylation sites (tertiary alicyclic amines) is 1. The Hall–Kier alpha value is -1.49. The number of hydrogen-bond acceptors (Lipinski definition) is 3. The first-order chi connectivity index (χ1) is 9.85. The van der Waals surface area contributed by atoms with E-state index in [2.05, 4.69) is 28.2 Å². The van der Waals surface area contributed by atoms with Crippen LogP contribution in [0.15, 0.2) is 18.3 Å². The Labute approximate surface area is 127 Å². The van der Waals surface area contributed by atoms with Gasteiger partial charge in [0.15, 0.2) is 0 Å². The average Bonchev–Trinajstić information content (AvgIpc) is 2.90. The van der Waals surface area contributed by atoms with Gasteiger partial charge in [-0.1, -0.05) is 0 Å². The van der Waals surface area contributed by atoms with Crippen LogP contribution in [0.5, 0.6) is 0 Å². The molecule has 2 rings (SSSR count). The van der Waals surface area contributed by atoms with Crippen molar-refractivity contribution in [2.24, 2.45) is 0 Å². The summed E-state index contributed by atoms with van der Waals surface area (Å²) >= 11 is 0. The van der Waals surface area contributed by atoms with Crippen molar-refractivity contribution in [3.8, 4) is 0 Å². The number of H-pyrrole nitrogens is 1. The third-order valence-corrected chi connectivity index (χ3v) is 3.87. The van der Waals surface area contributed by atoms with Crippen molar-refractivity contribution in [2.45, 2.75) is 58.2 Å². The zero-order valence-electron chi connectivity index (χ0n) is 13.5. The number of hydrogen-bond donors (Lipinski definition) is 2. The van der Waals surface area contributed by atoms with Gasteiger partial charge in [0.05, 0.1) is 0 Å². The number of amides is 1. The van der Waals surface area contributed by atoms with Gasteiger partial charge in [-0.05, 0) is 52.7 Å². The lowest BCUT2D eigenvalue weighted by molar-refractivity contribution is 0.0469. The third kappa shape index (κ3) is 4.77. The fourth-order valence-corrected chi connectivity index (χ4v) is 2.71. The highest BCUT2D eigenvalue weighted by Crippen LogP contribution is 2.23. The molecular formula is C16H27N3O2. The monoisotopic (exact) mass is 293 g/mol. The van der Waals surface area contributed by atoms with Crippen LogP contribution in [0, 0.1) is 0 Å². The number of carbonyl (C=O) groups is 1. The SMILES string of the molecule is CC(c1ccc[nH]1)N1CCC(NC(=O)OC(C)(C)C)CC1. The fourth-order valence-electron chi connectivity index (χ4n) is 2.71. The first kappa shape index (κ1) is 15.9. The van der Waals surface area contributed by atoms with Gasteiger partial charge in [-0.15, -0.1) is 0 Å². The van der Waals surface area contributed by atoms with Crippen molar-refractivity contribution in [1.29, 1.82) is 0 Å². The van der Waals surface area contributed by atoms with Crippen molar-refractivity contribution in [3.63, 3.8) is 0 Å². The lowest BCUT2D eigenvalue weighted by atomic mass is 10.0. The van der Waals surface area contributed by atoms with Gasteiger partial charge >= 0.3 is 6.09 Å². The number of carbonyl (C=O) groups excluding carboxylic acids is 1.